The molecule has 0 radical (unpaired) electrons. The van der Waals surface area contributed by atoms with Crippen molar-refractivity contribution in [2.24, 2.45) is 17.8 Å². The van der Waals surface area contributed by atoms with Gasteiger partial charge in [-0.05, 0) is 73.2 Å². The molecule has 45 heavy (non-hydrogen) atoms. The Morgan fingerprint density at radius 3 is 2.56 bits per heavy atom. The highest BCUT2D eigenvalue weighted by Gasteiger charge is 2.55. The Hall–Kier alpha value is -4.87. The second-order valence-electron chi connectivity index (χ2n) is 11.3. The van der Waals surface area contributed by atoms with Gasteiger partial charge in [0.25, 0.3) is 5.69 Å². The molecular weight excluding hydrogens is 583 g/mol. The molecule has 1 fully saturated rings. The Morgan fingerprint density at radius 1 is 1.11 bits per heavy atom. The lowest BCUT2D eigenvalue weighted by Gasteiger charge is -2.36. The molecule has 0 spiro atoms. The Morgan fingerprint density at radius 2 is 1.87 bits per heavy atom. The second-order valence-corrected chi connectivity index (χ2v) is 11.3. The van der Waals surface area contributed by atoms with Crippen molar-refractivity contribution >= 4 is 29.3 Å². The van der Waals surface area contributed by atoms with Crippen LogP contribution < -0.4 is 9.64 Å². The van der Waals surface area contributed by atoms with Crippen molar-refractivity contribution in [3.8, 4) is 11.5 Å². The van der Waals surface area contributed by atoms with E-state index in [9.17, 15) is 39.4 Å². The van der Waals surface area contributed by atoms with Gasteiger partial charge in [-0.1, -0.05) is 42.0 Å². The molecule has 0 unspecified atom stereocenters. The summed E-state index contributed by atoms with van der Waals surface area (Å²) in [4.78, 5) is 39.2. The van der Waals surface area contributed by atoms with Gasteiger partial charge in [0, 0.05) is 18.1 Å². The number of aliphatic hydroxyl groups is 2. The molecule has 3 N–H and O–H groups in total. The van der Waals surface area contributed by atoms with Gasteiger partial charge in [-0.15, -0.1) is 0 Å². The Kier molecular flexibility index (Phi) is 9.40. The number of non-ortho nitro benzene ring substituents is 1. The van der Waals surface area contributed by atoms with Gasteiger partial charge in [-0.3, -0.25) is 19.7 Å². The Balaban J connectivity index is 1.45. The van der Waals surface area contributed by atoms with E-state index < -0.39 is 58.8 Å². The zero-order chi connectivity index (χ0) is 32.2. The third-order valence-electron chi connectivity index (χ3n) is 8.39. The molecule has 0 bridgehead atoms. The van der Waals surface area contributed by atoms with E-state index >= 15 is 0 Å². The summed E-state index contributed by atoms with van der Waals surface area (Å²) in [5.41, 5.74) is 2.18. The summed E-state index contributed by atoms with van der Waals surface area (Å²) < 4.78 is 19.8. The number of ether oxygens (including phenoxy) is 1. The van der Waals surface area contributed by atoms with Crippen molar-refractivity contribution in [1.29, 1.82) is 0 Å². The summed E-state index contributed by atoms with van der Waals surface area (Å²) in [7, 11) is 0. The number of halogens is 1. The monoisotopic (exact) mass is 616 g/mol. The zero-order valence-corrected chi connectivity index (χ0v) is 24.5. The summed E-state index contributed by atoms with van der Waals surface area (Å²) in [5.74, 6) is -4.50. The summed E-state index contributed by atoms with van der Waals surface area (Å²) in [5, 5.41) is 43.0. The first-order chi connectivity index (χ1) is 21.6. The molecule has 3 aromatic rings. The first kappa shape index (κ1) is 31.6. The van der Waals surface area contributed by atoms with Gasteiger partial charge in [0.05, 0.1) is 35.2 Å². The Bertz CT molecular complexity index is 1670. The number of anilines is 1. The van der Waals surface area contributed by atoms with Crippen LogP contribution in [0.1, 0.15) is 31.7 Å². The fourth-order valence-electron chi connectivity index (χ4n) is 6.27. The number of allylic oxidation sites excluding steroid dienone is 1. The third kappa shape index (κ3) is 6.64. The van der Waals surface area contributed by atoms with Crippen LogP contribution in [0.25, 0.3) is 6.08 Å². The second kappa shape index (κ2) is 13.4. The number of hydrogen-bond donors (Lipinski definition) is 3. The molecule has 3 aromatic carbocycles. The van der Waals surface area contributed by atoms with E-state index in [1.54, 1.807) is 36.4 Å². The van der Waals surface area contributed by atoms with Crippen LogP contribution in [0.15, 0.2) is 89.5 Å². The van der Waals surface area contributed by atoms with Gasteiger partial charge in [0.2, 0.25) is 11.8 Å². The van der Waals surface area contributed by atoms with Crippen molar-refractivity contribution in [1.82, 2.24) is 0 Å². The number of nitrogens with zero attached hydrogens (tertiary/aromatic N) is 2. The topological polar surface area (TPSA) is 150 Å². The van der Waals surface area contributed by atoms with Crippen LogP contribution in [0.2, 0.25) is 0 Å². The SMILES string of the molecule is C/C(=C\c1ccc(O)c(F)c1)CC[C@@H](O)C1=C(COc2ccccc2)C[C@H]2C(=O)N(c3cccc([N+](=O)[O-])c3)C(=O)[C@H]2[C@H]1CO. The third-order valence-corrected chi connectivity index (χ3v) is 8.39. The predicted octanol–water partition coefficient (Wildman–Crippen LogP) is 5.18. The summed E-state index contributed by atoms with van der Waals surface area (Å²) in [6.07, 6.45) is 1.32. The van der Waals surface area contributed by atoms with Crippen molar-refractivity contribution in [2.45, 2.75) is 32.3 Å². The number of benzene rings is 3. The molecule has 1 heterocycles. The highest BCUT2D eigenvalue weighted by Crippen LogP contribution is 2.47. The number of phenolic OH excluding ortho intramolecular Hbond substituents is 1. The lowest BCUT2D eigenvalue weighted by molar-refractivity contribution is -0.384. The lowest BCUT2D eigenvalue weighted by atomic mass is 9.68. The molecule has 4 atom stereocenters. The van der Waals surface area contributed by atoms with Crippen LogP contribution in [-0.4, -0.2) is 51.4 Å². The van der Waals surface area contributed by atoms with Gasteiger partial charge in [-0.2, -0.15) is 0 Å². The number of imide groups is 1. The van der Waals surface area contributed by atoms with E-state index in [0.29, 0.717) is 28.9 Å². The van der Waals surface area contributed by atoms with Gasteiger partial charge >= 0.3 is 0 Å². The zero-order valence-electron chi connectivity index (χ0n) is 24.5. The largest absolute Gasteiger partial charge is 0.505 e. The standard InChI is InChI=1S/C34H33FN2O8/c1-20(14-21-11-13-29(39)28(35)15-21)10-12-30(40)31-22(19-45-25-8-3-2-4-9-25)16-26-32(27(31)18-38)34(42)36(33(26)41)23-6-5-7-24(17-23)37(43)44/h2-9,11,13-15,17,26-27,30,32,38-40H,10,12,16,18-19H2,1H3/b20-14+/t26-,27+,30-,32-/m1/s1. The maximum absolute atomic E-state index is 13.8. The molecule has 1 aliphatic carbocycles. The van der Waals surface area contributed by atoms with Gasteiger partial charge < -0.3 is 20.1 Å². The van der Waals surface area contributed by atoms with Crippen molar-refractivity contribution in [2.75, 3.05) is 18.1 Å². The van der Waals surface area contributed by atoms with E-state index in [1.807, 2.05) is 13.0 Å². The molecule has 0 aromatic heterocycles. The molecule has 1 saturated heterocycles. The fraction of sp³-hybridized carbons (Fsp3) is 0.294. The van der Waals surface area contributed by atoms with E-state index in [2.05, 4.69) is 0 Å². The number of fused-ring (bicyclic) bond motifs is 1. The smallest absolute Gasteiger partial charge is 0.271 e. The molecule has 234 valence electrons. The highest BCUT2D eigenvalue weighted by molar-refractivity contribution is 6.22. The van der Waals surface area contributed by atoms with Crippen LogP contribution in [0.4, 0.5) is 15.8 Å². The van der Waals surface area contributed by atoms with E-state index in [1.165, 1.54) is 36.4 Å². The van der Waals surface area contributed by atoms with Crippen molar-refractivity contribution in [3.63, 3.8) is 0 Å². The average molecular weight is 617 g/mol. The lowest BCUT2D eigenvalue weighted by Crippen LogP contribution is -2.40. The number of nitro groups is 1. The number of amides is 2. The minimum Gasteiger partial charge on any atom is -0.505 e. The molecular formula is C34H33FN2O8. The first-order valence-electron chi connectivity index (χ1n) is 14.6. The van der Waals surface area contributed by atoms with Crippen LogP contribution >= 0.6 is 0 Å². The van der Waals surface area contributed by atoms with E-state index in [-0.39, 0.29) is 30.8 Å². The first-order valence-corrected chi connectivity index (χ1v) is 14.6. The van der Waals surface area contributed by atoms with Crippen molar-refractivity contribution in [3.05, 3.63) is 111 Å². The van der Waals surface area contributed by atoms with E-state index in [0.717, 1.165) is 10.5 Å². The summed E-state index contributed by atoms with van der Waals surface area (Å²) >= 11 is 0. The average Bonchev–Trinajstić information content (AvgIpc) is 3.29. The van der Waals surface area contributed by atoms with Crippen LogP contribution in [0, 0.1) is 33.7 Å². The fourth-order valence-corrected chi connectivity index (χ4v) is 6.27. The number of rotatable bonds is 11. The molecule has 5 rings (SSSR count). The van der Waals surface area contributed by atoms with Crippen molar-refractivity contribution < 1.29 is 39.0 Å². The summed E-state index contributed by atoms with van der Waals surface area (Å²) in [6.45, 7) is 1.31. The number of nitro benzene ring substituents is 1. The number of phenols is 1. The highest BCUT2D eigenvalue weighted by atomic mass is 19.1. The molecule has 11 heteroatoms. The molecule has 0 saturated carbocycles. The van der Waals surface area contributed by atoms with Gasteiger partial charge in [0.1, 0.15) is 12.4 Å². The number of para-hydroxylation sites is 1. The van der Waals surface area contributed by atoms with Crippen LogP contribution in [0.3, 0.4) is 0 Å². The van der Waals surface area contributed by atoms with Crippen LogP contribution in [-0.2, 0) is 9.59 Å². The minimum absolute atomic E-state index is 0.00993. The maximum Gasteiger partial charge on any atom is 0.271 e. The molecule has 2 amide bonds. The van der Waals surface area contributed by atoms with Gasteiger partial charge in [0.15, 0.2) is 11.6 Å². The number of hydrogen-bond acceptors (Lipinski definition) is 8. The molecule has 10 nitrogen and oxygen atoms in total. The molecule has 1 aliphatic heterocycles. The summed E-state index contributed by atoms with van der Waals surface area (Å²) in [6, 6.07) is 18.3. The quantitative estimate of drug-likeness (QED) is 0.115. The number of carbonyl (C=O) groups excluding carboxylic acids is 2. The van der Waals surface area contributed by atoms with Crippen LogP contribution in [0.5, 0.6) is 11.5 Å². The van der Waals surface area contributed by atoms with Gasteiger partial charge in [-0.25, -0.2) is 9.29 Å². The number of aliphatic hydroxyl groups excluding tert-OH is 2. The Labute approximate surface area is 258 Å². The minimum atomic E-state index is -1.10. The molecule has 2 aliphatic rings. The maximum atomic E-state index is 13.8. The number of carbonyl (C=O) groups is 2. The normalized spacial score (nSPS) is 20.8. The number of aromatic hydroxyl groups is 1. The predicted molar refractivity (Wildman–Crippen MR) is 164 cm³/mol. The van der Waals surface area contributed by atoms with E-state index in [4.69, 9.17) is 4.74 Å².